The van der Waals surface area contributed by atoms with Crippen LogP contribution in [0.15, 0.2) is 0 Å². The molecule has 19 heavy (non-hydrogen) atoms. The highest BCUT2D eigenvalue weighted by molar-refractivity contribution is 5.81. The van der Waals surface area contributed by atoms with Crippen LogP contribution in [0.25, 0.3) is 0 Å². The molecule has 0 saturated carbocycles. The summed E-state index contributed by atoms with van der Waals surface area (Å²) in [6, 6.07) is 0.411. The number of hydrogen-bond acceptors (Lipinski definition) is 3. The molecular formula is C15H31N3O. The molecule has 1 aliphatic heterocycles. The van der Waals surface area contributed by atoms with Crippen molar-refractivity contribution in [1.82, 2.24) is 10.2 Å². The summed E-state index contributed by atoms with van der Waals surface area (Å²) in [6.07, 6.45) is 8.00. The Balaban J connectivity index is 2.03. The SMILES string of the molecule is CCCC(N)C(=O)NCCCCN1CCCCC1C. The van der Waals surface area contributed by atoms with E-state index in [0.717, 1.165) is 44.8 Å². The number of likely N-dealkylation sites (tertiary alicyclic amines) is 1. The van der Waals surface area contributed by atoms with E-state index in [1.807, 2.05) is 6.92 Å². The number of hydrogen-bond donors (Lipinski definition) is 2. The van der Waals surface area contributed by atoms with Crippen LogP contribution in [0.2, 0.25) is 0 Å². The number of carbonyl (C=O) groups excluding carboxylic acids is 1. The molecule has 0 bridgehead atoms. The van der Waals surface area contributed by atoms with Gasteiger partial charge in [-0.2, -0.15) is 0 Å². The van der Waals surface area contributed by atoms with E-state index in [1.54, 1.807) is 0 Å². The first kappa shape index (κ1) is 16.4. The van der Waals surface area contributed by atoms with Crippen LogP contribution in [-0.2, 0) is 4.79 Å². The van der Waals surface area contributed by atoms with Gasteiger partial charge in [-0.15, -0.1) is 0 Å². The van der Waals surface area contributed by atoms with Gasteiger partial charge in [0.1, 0.15) is 0 Å². The molecule has 1 saturated heterocycles. The summed E-state index contributed by atoms with van der Waals surface area (Å²) in [5.74, 6) is 0.00758. The zero-order chi connectivity index (χ0) is 14.1. The maximum absolute atomic E-state index is 11.6. The van der Waals surface area contributed by atoms with Gasteiger partial charge in [-0.25, -0.2) is 0 Å². The van der Waals surface area contributed by atoms with Crippen LogP contribution in [0.4, 0.5) is 0 Å². The molecule has 0 aromatic carbocycles. The van der Waals surface area contributed by atoms with Crippen LogP contribution in [0.3, 0.4) is 0 Å². The standard InChI is InChI=1S/C15H31N3O/c1-3-8-14(16)15(19)17-10-5-7-12-18-11-6-4-9-13(18)2/h13-14H,3-12,16H2,1-2H3,(H,17,19). The minimum atomic E-state index is -0.327. The Morgan fingerprint density at radius 2 is 2.21 bits per heavy atom. The molecule has 1 heterocycles. The second-order valence-electron chi connectivity index (χ2n) is 5.77. The third-order valence-electron chi connectivity index (χ3n) is 4.05. The third kappa shape index (κ3) is 6.39. The van der Waals surface area contributed by atoms with Gasteiger partial charge in [-0.05, 0) is 52.1 Å². The summed E-state index contributed by atoms with van der Waals surface area (Å²) in [7, 11) is 0. The van der Waals surface area contributed by atoms with E-state index in [2.05, 4.69) is 17.1 Å². The normalized spacial score (nSPS) is 22.2. The van der Waals surface area contributed by atoms with Crippen LogP contribution in [-0.4, -0.2) is 42.5 Å². The van der Waals surface area contributed by atoms with Gasteiger partial charge in [0, 0.05) is 12.6 Å². The van der Waals surface area contributed by atoms with Crippen molar-refractivity contribution in [1.29, 1.82) is 0 Å². The van der Waals surface area contributed by atoms with Crippen LogP contribution >= 0.6 is 0 Å². The number of nitrogens with zero attached hydrogens (tertiary/aromatic N) is 1. The third-order valence-corrected chi connectivity index (χ3v) is 4.05. The quantitative estimate of drug-likeness (QED) is 0.662. The number of piperidine rings is 1. The first-order chi connectivity index (χ1) is 9.15. The van der Waals surface area contributed by atoms with E-state index in [-0.39, 0.29) is 11.9 Å². The highest BCUT2D eigenvalue weighted by Crippen LogP contribution is 2.16. The van der Waals surface area contributed by atoms with Crippen molar-refractivity contribution in [3.63, 3.8) is 0 Å². The minimum absolute atomic E-state index is 0.00758. The Bertz CT molecular complexity index is 258. The van der Waals surface area contributed by atoms with Gasteiger partial charge in [0.25, 0.3) is 0 Å². The maximum atomic E-state index is 11.6. The molecule has 2 unspecified atom stereocenters. The van der Waals surface area contributed by atoms with E-state index in [0.29, 0.717) is 0 Å². The lowest BCUT2D eigenvalue weighted by Crippen LogP contribution is -2.41. The second kappa shape index (κ2) is 9.32. The predicted molar refractivity (Wildman–Crippen MR) is 80.0 cm³/mol. The number of unbranched alkanes of at least 4 members (excludes halogenated alkanes) is 1. The van der Waals surface area contributed by atoms with E-state index < -0.39 is 0 Å². The van der Waals surface area contributed by atoms with Crippen molar-refractivity contribution >= 4 is 5.91 Å². The van der Waals surface area contributed by atoms with Crippen molar-refractivity contribution in [2.45, 2.75) is 70.9 Å². The number of nitrogens with two attached hydrogens (primary N) is 1. The maximum Gasteiger partial charge on any atom is 0.236 e. The molecule has 112 valence electrons. The van der Waals surface area contributed by atoms with E-state index in [1.165, 1.54) is 25.8 Å². The summed E-state index contributed by atoms with van der Waals surface area (Å²) in [6.45, 7) is 7.54. The molecule has 0 spiro atoms. The van der Waals surface area contributed by atoms with Crippen molar-refractivity contribution in [3.8, 4) is 0 Å². The van der Waals surface area contributed by atoms with Crippen molar-refractivity contribution in [3.05, 3.63) is 0 Å². The van der Waals surface area contributed by atoms with Gasteiger partial charge in [-0.3, -0.25) is 4.79 Å². The van der Waals surface area contributed by atoms with Gasteiger partial charge in [0.15, 0.2) is 0 Å². The summed E-state index contributed by atoms with van der Waals surface area (Å²) in [5, 5.41) is 2.93. The summed E-state index contributed by atoms with van der Waals surface area (Å²) in [4.78, 5) is 14.2. The zero-order valence-electron chi connectivity index (χ0n) is 12.7. The van der Waals surface area contributed by atoms with Gasteiger partial charge < -0.3 is 16.0 Å². The van der Waals surface area contributed by atoms with Crippen LogP contribution < -0.4 is 11.1 Å². The summed E-state index contributed by atoms with van der Waals surface area (Å²) < 4.78 is 0. The highest BCUT2D eigenvalue weighted by Gasteiger charge is 2.17. The minimum Gasteiger partial charge on any atom is -0.355 e. The first-order valence-corrected chi connectivity index (χ1v) is 7.92. The Morgan fingerprint density at radius 1 is 1.42 bits per heavy atom. The molecule has 3 N–H and O–H groups in total. The molecule has 4 nitrogen and oxygen atoms in total. The molecule has 0 aliphatic carbocycles. The average Bonchev–Trinajstić information content (AvgIpc) is 2.40. The lowest BCUT2D eigenvalue weighted by Gasteiger charge is -2.33. The Labute approximate surface area is 118 Å². The number of nitrogens with one attached hydrogen (secondary N) is 1. The van der Waals surface area contributed by atoms with Crippen molar-refractivity contribution in [2.24, 2.45) is 5.73 Å². The number of carbonyl (C=O) groups is 1. The fourth-order valence-electron chi connectivity index (χ4n) is 2.71. The van der Waals surface area contributed by atoms with E-state index in [9.17, 15) is 4.79 Å². The molecule has 1 fully saturated rings. The van der Waals surface area contributed by atoms with Gasteiger partial charge in [0.2, 0.25) is 5.91 Å². The lowest BCUT2D eigenvalue weighted by molar-refractivity contribution is -0.122. The molecule has 4 heteroatoms. The van der Waals surface area contributed by atoms with Crippen LogP contribution in [0.1, 0.15) is 58.8 Å². The van der Waals surface area contributed by atoms with Gasteiger partial charge in [0.05, 0.1) is 6.04 Å². The lowest BCUT2D eigenvalue weighted by atomic mass is 10.0. The summed E-state index contributed by atoms with van der Waals surface area (Å²) in [5.41, 5.74) is 5.76. The highest BCUT2D eigenvalue weighted by atomic mass is 16.2. The Kier molecular flexibility index (Phi) is 8.07. The van der Waals surface area contributed by atoms with Gasteiger partial charge in [-0.1, -0.05) is 19.8 Å². The molecule has 1 amide bonds. The molecular weight excluding hydrogens is 238 g/mol. The van der Waals surface area contributed by atoms with Gasteiger partial charge >= 0.3 is 0 Å². The molecule has 2 atom stereocenters. The number of amides is 1. The smallest absolute Gasteiger partial charge is 0.236 e. The second-order valence-corrected chi connectivity index (χ2v) is 5.77. The fraction of sp³-hybridized carbons (Fsp3) is 0.933. The Hall–Kier alpha value is -0.610. The molecule has 1 aliphatic rings. The number of rotatable bonds is 8. The van der Waals surface area contributed by atoms with E-state index in [4.69, 9.17) is 5.73 Å². The fourth-order valence-corrected chi connectivity index (χ4v) is 2.71. The van der Waals surface area contributed by atoms with Crippen LogP contribution in [0, 0.1) is 0 Å². The molecule has 0 aromatic heterocycles. The van der Waals surface area contributed by atoms with Crippen LogP contribution in [0.5, 0.6) is 0 Å². The zero-order valence-corrected chi connectivity index (χ0v) is 12.7. The largest absolute Gasteiger partial charge is 0.355 e. The summed E-state index contributed by atoms with van der Waals surface area (Å²) >= 11 is 0. The van der Waals surface area contributed by atoms with Crippen molar-refractivity contribution < 1.29 is 4.79 Å². The molecule has 1 rings (SSSR count). The average molecular weight is 269 g/mol. The van der Waals surface area contributed by atoms with E-state index >= 15 is 0 Å². The molecule has 0 aromatic rings. The Morgan fingerprint density at radius 3 is 2.89 bits per heavy atom. The first-order valence-electron chi connectivity index (χ1n) is 7.92. The molecule has 0 radical (unpaired) electrons. The van der Waals surface area contributed by atoms with Crippen molar-refractivity contribution in [2.75, 3.05) is 19.6 Å². The monoisotopic (exact) mass is 269 g/mol. The topological polar surface area (TPSA) is 58.4 Å². The predicted octanol–water partition coefficient (Wildman–Crippen LogP) is 1.88.